The molecule has 10 rings (SSSR count). The molecule has 7 aliphatic heterocycles. The van der Waals surface area contributed by atoms with E-state index in [0.717, 1.165) is 38.9 Å². The monoisotopic (exact) mass is 908 g/mol. The largest absolute Gasteiger partial charge is 0.514 e. The Kier molecular flexibility index (Phi) is 11.7. The molecule has 0 saturated carbocycles. The number of nitrogens with zero attached hydrogens (tertiary/aromatic N) is 3. The number of piperazine rings is 1. The van der Waals surface area contributed by atoms with Crippen molar-refractivity contribution in [2.24, 2.45) is 0 Å². The van der Waals surface area contributed by atoms with Crippen molar-refractivity contribution in [1.82, 2.24) is 15.1 Å². The SMILES string of the molecule is C=CCOc1c(OC)c(C)cc2c1C1C3[C@@H]4SC[C@]5(NCCc6cc(OC(=O)OC(C)(C)C)c(OC)cc65)C(=O)OC[C@@H](c5c6c(c(C)c(OCC=C)c54)OCO6)N3[C@@H](C#N)[C@H](C2)N1C. The van der Waals surface area contributed by atoms with Crippen LogP contribution in [-0.2, 0) is 32.6 Å². The van der Waals surface area contributed by atoms with Crippen molar-refractivity contribution < 1.29 is 52.2 Å². The van der Waals surface area contributed by atoms with Crippen LogP contribution in [0.25, 0.3) is 0 Å². The minimum atomic E-state index is -1.38. The molecule has 7 heterocycles. The van der Waals surface area contributed by atoms with Gasteiger partial charge in [0.2, 0.25) is 6.79 Å². The number of carbonyl (C=O) groups is 2. The Balaban J connectivity index is 1.27. The summed E-state index contributed by atoms with van der Waals surface area (Å²) in [5.74, 6) is 3.14. The summed E-state index contributed by atoms with van der Waals surface area (Å²) in [6.07, 6.45) is 3.66. The molecule has 65 heavy (non-hydrogen) atoms. The Hall–Kier alpha value is -5.60. The summed E-state index contributed by atoms with van der Waals surface area (Å²) < 4.78 is 55.6. The van der Waals surface area contributed by atoms with E-state index in [0.29, 0.717) is 53.7 Å². The molecule has 2 unspecified atom stereocenters. The highest BCUT2D eigenvalue weighted by atomic mass is 32.2. The van der Waals surface area contributed by atoms with Crippen molar-refractivity contribution in [3.8, 4) is 46.3 Å². The first kappa shape index (κ1) is 44.6. The molecule has 16 heteroatoms. The van der Waals surface area contributed by atoms with Crippen LogP contribution in [0.2, 0.25) is 0 Å². The van der Waals surface area contributed by atoms with Crippen molar-refractivity contribution >= 4 is 23.9 Å². The number of esters is 1. The van der Waals surface area contributed by atoms with Crippen LogP contribution in [0.5, 0.6) is 40.2 Å². The summed E-state index contributed by atoms with van der Waals surface area (Å²) in [7, 11) is 5.23. The molecule has 3 aromatic rings. The van der Waals surface area contributed by atoms with Gasteiger partial charge in [-0.3, -0.25) is 15.1 Å². The van der Waals surface area contributed by atoms with E-state index in [1.807, 2.05) is 13.8 Å². The topological polar surface area (TPSA) is 160 Å². The molecule has 0 aliphatic carbocycles. The zero-order valence-corrected chi connectivity index (χ0v) is 39.0. The molecule has 344 valence electrons. The normalized spacial score (nSPS) is 26.3. The summed E-state index contributed by atoms with van der Waals surface area (Å²) in [6.45, 7) is 18.0. The molecule has 0 radical (unpaired) electrons. The van der Waals surface area contributed by atoms with E-state index in [1.165, 1.54) is 7.11 Å². The average molecular weight is 909 g/mol. The predicted octanol–water partition coefficient (Wildman–Crippen LogP) is 7.09. The summed E-state index contributed by atoms with van der Waals surface area (Å²) >= 11 is 1.59. The summed E-state index contributed by atoms with van der Waals surface area (Å²) in [5.41, 5.74) is 4.70. The van der Waals surface area contributed by atoms with Crippen molar-refractivity contribution in [1.29, 1.82) is 5.26 Å². The third-order valence-corrected chi connectivity index (χ3v) is 14.9. The standard InChI is InChI=1S/C49H56N4O11S/c1-11-15-58-41-26(4)42-44(62-24-61-42)36-32-22-60-46(54)49(29-20-33(56-9)34(19-27(29)13-14-51-49)63-47(55)64-48(5,6)7)23-65-45(37(36)41)39-38-35-28(18-30(52(38)8)31(21-50)53(32)39)17-25(3)40(57-10)43(35)59-16-12-2/h11-12,17,19-20,30-32,38-39,45,51H,1-2,13-16,18,22-24H2,3-10H3/t30-,31-,32-,38?,39?,45+,49+/m0/s1. The van der Waals surface area contributed by atoms with E-state index in [4.69, 9.17) is 42.6 Å². The van der Waals surface area contributed by atoms with Crippen molar-refractivity contribution in [3.05, 3.63) is 88.0 Å². The van der Waals surface area contributed by atoms with Gasteiger partial charge < -0.3 is 42.6 Å². The smallest absolute Gasteiger partial charge is 0.493 e. The number of carbonyl (C=O) groups excluding carboxylic acids is 2. The second kappa shape index (κ2) is 17.0. The molecule has 2 fully saturated rings. The molecule has 0 amide bonds. The van der Waals surface area contributed by atoms with Gasteiger partial charge in [0, 0.05) is 46.6 Å². The van der Waals surface area contributed by atoms with Gasteiger partial charge in [-0.15, -0.1) is 11.8 Å². The lowest BCUT2D eigenvalue weighted by molar-refractivity contribution is -0.157. The number of aryl methyl sites for hydroxylation is 1. The Morgan fingerprint density at radius 3 is 2.42 bits per heavy atom. The van der Waals surface area contributed by atoms with Gasteiger partial charge in [0.15, 0.2) is 40.0 Å². The van der Waals surface area contributed by atoms with Crippen LogP contribution in [0.1, 0.15) is 82.6 Å². The number of ether oxygens (including phenoxy) is 9. The fourth-order valence-corrected chi connectivity index (χ4v) is 12.6. The molecule has 7 aliphatic rings. The third kappa shape index (κ3) is 7.13. The Morgan fingerprint density at radius 2 is 1.72 bits per heavy atom. The van der Waals surface area contributed by atoms with Crippen LogP contribution >= 0.6 is 11.8 Å². The first-order chi connectivity index (χ1) is 31.2. The summed E-state index contributed by atoms with van der Waals surface area (Å²) in [6, 6.07) is 6.08. The maximum atomic E-state index is 15.2. The zero-order valence-electron chi connectivity index (χ0n) is 38.2. The molecule has 15 nitrogen and oxygen atoms in total. The van der Waals surface area contributed by atoms with Crippen LogP contribution in [-0.4, -0.2) is 106 Å². The van der Waals surface area contributed by atoms with E-state index in [9.17, 15) is 10.1 Å². The number of hydrogen-bond acceptors (Lipinski definition) is 16. The number of nitriles is 1. The summed E-state index contributed by atoms with van der Waals surface area (Å²) in [4.78, 5) is 32.7. The number of hydrogen-bond donors (Lipinski definition) is 1. The predicted molar refractivity (Wildman–Crippen MR) is 242 cm³/mol. The van der Waals surface area contributed by atoms with E-state index in [2.05, 4.69) is 47.5 Å². The number of benzene rings is 3. The third-order valence-electron chi connectivity index (χ3n) is 13.4. The lowest BCUT2D eigenvalue weighted by Gasteiger charge is -2.62. The van der Waals surface area contributed by atoms with Crippen LogP contribution in [0.4, 0.5) is 4.79 Å². The molecule has 3 aromatic carbocycles. The number of methoxy groups -OCH3 is 2. The van der Waals surface area contributed by atoms with E-state index in [1.54, 1.807) is 63.9 Å². The lowest BCUT2D eigenvalue weighted by Crippen LogP contribution is -2.69. The maximum absolute atomic E-state index is 15.2. The van der Waals surface area contributed by atoms with Gasteiger partial charge in [-0.05, 0) is 88.9 Å². The Labute approximate surface area is 383 Å². The molecule has 0 aromatic heterocycles. The number of nitrogens with one attached hydrogen (secondary N) is 1. The van der Waals surface area contributed by atoms with Gasteiger partial charge in [-0.25, -0.2) is 9.59 Å². The van der Waals surface area contributed by atoms with Gasteiger partial charge in [-0.1, -0.05) is 31.4 Å². The van der Waals surface area contributed by atoms with Crippen LogP contribution in [0, 0.1) is 25.2 Å². The Bertz CT molecular complexity index is 2520. The molecular weight excluding hydrogens is 853 g/mol. The van der Waals surface area contributed by atoms with Crippen molar-refractivity contribution in [2.45, 2.75) is 94.1 Å². The van der Waals surface area contributed by atoms with Gasteiger partial charge in [0.1, 0.15) is 37.2 Å². The van der Waals surface area contributed by atoms with Gasteiger partial charge >= 0.3 is 12.1 Å². The molecule has 1 spiro atoms. The zero-order chi connectivity index (χ0) is 46.1. The number of thioether (sulfide) groups is 1. The average Bonchev–Trinajstić information content (AvgIpc) is 3.76. The number of fused-ring (bicyclic) bond motifs is 9. The maximum Gasteiger partial charge on any atom is 0.514 e. The van der Waals surface area contributed by atoms with Crippen molar-refractivity contribution in [3.63, 3.8) is 0 Å². The first-order valence-electron chi connectivity index (χ1n) is 21.9. The molecule has 2 saturated heterocycles. The highest BCUT2D eigenvalue weighted by Gasteiger charge is 2.62. The van der Waals surface area contributed by atoms with Crippen molar-refractivity contribution in [2.75, 3.05) is 60.2 Å². The quantitative estimate of drug-likeness (QED) is 0.132. The molecule has 4 bridgehead atoms. The second-order valence-electron chi connectivity index (χ2n) is 18.2. The fourth-order valence-electron chi connectivity index (χ4n) is 10.9. The van der Waals surface area contributed by atoms with E-state index in [-0.39, 0.29) is 55.9 Å². The molecule has 7 atom stereocenters. The highest BCUT2D eigenvalue weighted by molar-refractivity contribution is 7.99. The van der Waals surface area contributed by atoms with Crippen LogP contribution < -0.4 is 38.5 Å². The highest BCUT2D eigenvalue weighted by Crippen LogP contribution is 2.65. The second-order valence-corrected chi connectivity index (χ2v) is 19.4. The van der Waals surface area contributed by atoms with Gasteiger partial charge in [-0.2, -0.15) is 5.26 Å². The summed E-state index contributed by atoms with van der Waals surface area (Å²) in [5, 5.41) is 14.5. The van der Waals surface area contributed by atoms with Gasteiger partial charge in [0.05, 0.1) is 37.6 Å². The van der Waals surface area contributed by atoms with E-state index >= 15 is 4.79 Å². The minimum absolute atomic E-state index is 0.00125. The first-order valence-corrected chi connectivity index (χ1v) is 22.9. The molecular formula is C49H56N4O11S. The number of rotatable bonds is 9. The number of likely N-dealkylation sites (N-methyl/N-ethyl adjacent to an activating group) is 1. The van der Waals surface area contributed by atoms with E-state index < -0.39 is 46.6 Å². The van der Waals surface area contributed by atoms with Crippen LogP contribution in [0.15, 0.2) is 43.5 Å². The van der Waals surface area contributed by atoms with Gasteiger partial charge in [0.25, 0.3) is 0 Å². The minimum Gasteiger partial charge on any atom is -0.493 e. The fraction of sp³-hybridized carbons (Fsp3) is 0.490. The Morgan fingerprint density at radius 1 is 0.985 bits per heavy atom. The molecule has 1 N–H and O–H groups in total. The lowest BCUT2D eigenvalue weighted by atomic mass is 9.71. The van der Waals surface area contributed by atoms with Crippen LogP contribution in [0.3, 0.4) is 0 Å².